The van der Waals surface area contributed by atoms with E-state index in [0.717, 1.165) is 25.8 Å². The number of carbonyl (C=O) groups is 1. The average Bonchev–Trinajstić information content (AvgIpc) is 2.33. The zero-order chi connectivity index (χ0) is 13.3. The first-order valence-corrected chi connectivity index (χ1v) is 6.44. The van der Waals surface area contributed by atoms with Crippen molar-refractivity contribution in [3.63, 3.8) is 0 Å². The Morgan fingerprint density at radius 3 is 2.35 bits per heavy atom. The number of esters is 1. The molecule has 0 bridgehead atoms. The minimum Gasteiger partial charge on any atom is -0.468 e. The lowest BCUT2D eigenvalue weighted by Gasteiger charge is -2.33. The molecule has 0 aliphatic carbocycles. The van der Waals surface area contributed by atoms with E-state index in [1.165, 1.54) is 7.11 Å². The Labute approximate surface area is 105 Å². The van der Waals surface area contributed by atoms with E-state index in [2.05, 4.69) is 25.7 Å². The molecule has 2 unspecified atom stereocenters. The Morgan fingerprint density at radius 1 is 1.29 bits per heavy atom. The van der Waals surface area contributed by atoms with Crippen LogP contribution in [0.4, 0.5) is 0 Å². The number of methoxy groups -OCH3 is 2. The highest BCUT2D eigenvalue weighted by Crippen LogP contribution is 2.14. The normalized spacial score (nSPS) is 14.7. The molecule has 0 aromatic rings. The number of ether oxygens (including phenoxy) is 2. The zero-order valence-corrected chi connectivity index (χ0v) is 11.9. The summed E-state index contributed by atoms with van der Waals surface area (Å²) >= 11 is 0. The highest BCUT2D eigenvalue weighted by molar-refractivity contribution is 5.75. The predicted molar refractivity (Wildman–Crippen MR) is 69.0 cm³/mol. The van der Waals surface area contributed by atoms with Crippen LogP contribution in [0.5, 0.6) is 0 Å². The second-order valence-electron chi connectivity index (χ2n) is 4.32. The van der Waals surface area contributed by atoms with Gasteiger partial charge in [0.05, 0.1) is 13.7 Å². The Hall–Kier alpha value is -0.610. The third-order valence-corrected chi connectivity index (χ3v) is 3.04. The van der Waals surface area contributed by atoms with Gasteiger partial charge in [-0.1, -0.05) is 26.7 Å². The summed E-state index contributed by atoms with van der Waals surface area (Å²) in [5.74, 6) is -0.136. The molecule has 4 nitrogen and oxygen atoms in total. The van der Waals surface area contributed by atoms with Crippen molar-refractivity contribution >= 4 is 5.97 Å². The van der Waals surface area contributed by atoms with E-state index in [9.17, 15) is 4.79 Å². The smallest absolute Gasteiger partial charge is 0.323 e. The average molecular weight is 245 g/mol. The Bertz CT molecular complexity index is 209. The van der Waals surface area contributed by atoms with E-state index in [1.807, 2.05) is 0 Å². The van der Waals surface area contributed by atoms with Crippen LogP contribution in [0.15, 0.2) is 0 Å². The molecule has 0 radical (unpaired) electrons. The van der Waals surface area contributed by atoms with Crippen LogP contribution in [0.2, 0.25) is 0 Å². The molecule has 0 saturated carbocycles. The number of likely N-dealkylation sites (N-methyl/N-ethyl adjacent to an activating group) is 1. The first-order chi connectivity index (χ1) is 8.12. The number of rotatable bonds is 9. The van der Waals surface area contributed by atoms with Crippen molar-refractivity contribution in [1.29, 1.82) is 0 Å². The van der Waals surface area contributed by atoms with Gasteiger partial charge in [-0.3, -0.25) is 9.69 Å². The summed E-state index contributed by atoms with van der Waals surface area (Å²) in [6.07, 6.45) is 2.98. The van der Waals surface area contributed by atoms with E-state index < -0.39 is 0 Å². The molecular formula is C13H27NO3. The van der Waals surface area contributed by atoms with E-state index in [0.29, 0.717) is 6.61 Å². The maximum atomic E-state index is 11.8. The number of nitrogens with zero attached hydrogens (tertiary/aromatic N) is 1. The van der Waals surface area contributed by atoms with Crippen molar-refractivity contribution in [2.24, 2.45) is 0 Å². The van der Waals surface area contributed by atoms with Gasteiger partial charge in [0.1, 0.15) is 6.04 Å². The van der Waals surface area contributed by atoms with Crippen molar-refractivity contribution in [1.82, 2.24) is 4.90 Å². The second kappa shape index (κ2) is 9.42. The lowest BCUT2D eigenvalue weighted by Crippen LogP contribution is -2.48. The monoisotopic (exact) mass is 245 g/mol. The highest BCUT2D eigenvalue weighted by atomic mass is 16.5. The minimum atomic E-state index is -0.143. The standard InChI is InChI=1S/C13H27NO3/c1-6-8-9-12(13(15)17-5)14(7-2)11(3)10-16-4/h11-12H,6-10H2,1-5H3. The van der Waals surface area contributed by atoms with Crippen molar-refractivity contribution < 1.29 is 14.3 Å². The minimum absolute atomic E-state index is 0.136. The van der Waals surface area contributed by atoms with Crippen LogP contribution in [0.1, 0.15) is 40.0 Å². The van der Waals surface area contributed by atoms with E-state index in [-0.39, 0.29) is 18.1 Å². The van der Waals surface area contributed by atoms with Crippen LogP contribution in [-0.4, -0.2) is 50.3 Å². The number of unbranched alkanes of at least 4 members (excludes halogenated alkanes) is 1. The Balaban J connectivity index is 4.64. The van der Waals surface area contributed by atoms with Gasteiger partial charge in [-0.2, -0.15) is 0 Å². The summed E-state index contributed by atoms with van der Waals surface area (Å²) in [5, 5.41) is 0. The van der Waals surface area contributed by atoms with Gasteiger partial charge in [-0.25, -0.2) is 0 Å². The van der Waals surface area contributed by atoms with Gasteiger partial charge in [0.25, 0.3) is 0 Å². The molecule has 102 valence electrons. The molecule has 4 heteroatoms. The third kappa shape index (κ3) is 5.50. The molecule has 2 atom stereocenters. The first kappa shape index (κ1) is 16.4. The van der Waals surface area contributed by atoms with Gasteiger partial charge in [-0.15, -0.1) is 0 Å². The summed E-state index contributed by atoms with van der Waals surface area (Å²) in [4.78, 5) is 14.0. The Kier molecular flexibility index (Phi) is 9.09. The SMILES string of the molecule is CCCCC(C(=O)OC)N(CC)C(C)COC. The van der Waals surface area contributed by atoms with E-state index in [4.69, 9.17) is 9.47 Å². The fraction of sp³-hybridized carbons (Fsp3) is 0.923. The molecular weight excluding hydrogens is 218 g/mol. The quantitative estimate of drug-likeness (QED) is 0.583. The lowest BCUT2D eigenvalue weighted by molar-refractivity contribution is -0.148. The fourth-order valence-electron chi connectivity index (χ4n) is 2.13. The molecule has 0 N–H and O–H groups in total. The largest absolute Gasteiger partial charge is 0.468 e. The molecule has 0 saturated heterocycles. The predicted octanol–water partition coefficient (Wildman–Crippen LogP) is 2.08. The van der Waals surface area contributed by atoms with Crippen molar-refractivity contribution in [3.05, 3.63) is 0 Å². The molecule has 0 amide bonds. The van der Waals surface area contributed by atoms with Crippen molar-refractivity contribution in [2.45, 2.75) is 52.1 Å². The second-order valence-corrected chi connectivity index (χ2v) is 4.32. The van der Waals surface area contributed by atoms with Gasteiger partial charge in [0.2, 0.25) is 0 Å². The van der Waals surface area contributed by atoms with Gasteiger partial charge in [-0.05, 0) is 19.9 Å². The van der Waals surface area contributed by atoms with E-state index in [1.54, 1.807) is 7.11 Å². The van der Waals surface area contributed by atoms with Gasteiger partial charge >= 0.3 is 5.97 Å². The van der Waals surface area contributed by atoms with Gasteiger partial charge < -0.3 is 9.47 Å². The maximum Gasteiger partial charge on any atom is 0.323 e. The molecule has 0 heterocycles. The van der Waals surface area contributed by atoms with Crippen LogP contribution in [0.25, 0.3) is 0 Å². The summed E-state index contributed by atoms with van der Waals surface area (Å²) < 4.78 is 10.1. The van der Waals surface area contributed by atoms with E-state index >= 15 is 0 Å². The maximum absolute atomic E-state index is 11.8. The molecule has 0 aliphatic rings. The first-order valence-electron chi connectivity index (χ1n) is 6.44. The highest BCUT2D eigenvalue weighted by Gasteiger charge is 2.28. The molecule has 0 rings (SSSR count). The van der Waals surface area contributed by atoms with Crippen LogP contribution in [0.3, 0.4) is 0 Å². The van der Waals surface area contributed by atoms with Crippen LogP contribution >= 0.6 is 0 Å². The summed E-state index contributed by atoms with van der Waals surface area (Å²) in [5.41, 5.74) is 0. The van der Waals surface area contributed by atoms with Gasteiger partial charge in [0.15, 0.2) is 0 Å². The molecule has 17 heavy (non-hydrogen) atoms. The summed E-state index contributed by atoms with van der Waals surface area (Å²) in [6.45, 7) is 7.73. The van der Waals surface area contributed by atoms with Crippen LogP contribution in [0, 0.1) is 0 Å². The van der Waals surface area contributed by atoms with Crippen molar-refractivity contribution in [3.8, 4) is 0 Å². The molecule has 0 spiro atoms. The fourth-order valence-corrected chi connectivity index (χ4v) is 2.13. The number of hydrogen-bond donors (Lipinski definition) is 0. The molecule has 0 aromatic carbocycles. The molecule has 0 aliphatic heterocycles. The molecule has 0 fully saturated rings. The summed E-state index contributed by atoms with van der Waals surface area (Å²) in [7, 11) is 3.14. The zero-order valence-electron chi connectivity index (χ0n) is 11.9. The van der Waals surface area contributed by atoms with Gasteiger partial charge in [0, 0.05) is 13.2 Å². The van der Waals surface area contributed by atoms with Crippen LogP contribution < -0.4 is 0 Å². The summed E-state index contributed by atoms with van der Waals surface area (Å²) in [6, 6.07) is 0.0843. The Morgan fingerprint density at radius 2 is 1.94 bits per heavy atom. The number of hydrogen-bond acceptors (Lipinski definition) is 4. The third-order valence-electron chi connectivity index (χ3n) is 3.04. The lowest BCUT2D eigenvalue weighted by atomic mass is 10.1. The number of carbonyl (C=O) groups excluding carboxylic acids is 1. The van der Waals surface area contributed by atoms with Crippen LogP contribution in [-0.2, 0) is 14.3 Å². The van der Waals surface area contributed by atoms with Crippen molar-refractivity contribution in [2.75, 3.05) is 27.4 Å². The topological polar surface area (TPSA) is 38.8 Å². The molecule has 0 aromatic heterocycles.